The third-order valence-electron chi connectivity index (χ3n) is 4.76. The van der Waals surface area contributed by atoms with E-state index in [9.17, 15) is 24.0 Å². The predicted molar refractivity (Wildman–Crippen MR) is 97.3 cm³/mol. The first-order chi connectivity index (χ1) is 13.3. The maximum atomic E-state index is 12.3. The van der Waals surface area contributed by atoms with E-state index in [1.165, 1.54) is 0 Å². The fourth-order valence-corrected chi connectivity index (χ4v) is 3.30. The van der Waals surface area contributed by atoms with E-state index in [1.807, 2.05) is 0 Å². The summed E-state index contributed by atoms with van der Waals surface area (Å²) in [5.41, 5.74) is 0. The first-order valence-corrected chi connectivity index (χ1v) is 9.66. The molecule has 2 rings (SSSR count). The van der Waals surface area contributed by atoms with Crippen molar-refractivity contribution in [3.63, 3.8) is 0 Å². The molecule has 0 bridgehead atoms. The Morgan fingerprint density at radius 1 is 1.07 bits per heavy atom. The molecule has 1 atom stereocenters. The molecule has 0 spiro atoms. The molecule has 10 heteroatoms. The minimum atomic E-state index is -0.771. The Kier molecular flexibility index (Phi) is 7.91. The molecule has 28 heavy (non-hydrogen) atoms. The first-order valence-electron chi connectivity index (χ1n) is 9.66. The van der Waals surface area contributed by atoms with Crippen molar-refractivity contribution in [2.45, 2.75) is 64.5 Å². The second kappa shape index (κ2) is 10.2. The highest BCUT2D eigenvalue weighted by atomic mass is 16.8. The zero-order valence-corrected chi connectivity index (χ0v) is 16.4. The highest BCUT2D eigenvalue weighted by molar-refractivity contribution is 6.01. The van der Waals surface area contributed by atoms with Gasteiger partial charge in [0.2, 0.25) is 11.8 Å². The topological polar surface area (TPSA) is 125 Å². The largest absolute Gasteiger partial charge is 0.355 e. The molecule has 2 fully saturated rings. The summed E-state index contributed by atoms with van der Waals surface area (Å²) >= 11 is 0. The van der Waals surface area contributed by atoms with Crippen molar-refractivity contribution in [1.82, 2.24) is 20.6 Å². The predicted octanol–water partition coefficient (Wildman–Crippen LogP) is -0.521. The van der Waals surface area contributed by atoms with Gasteiger partial charge in [-0.05, 0) is 33.2 Å². The zero-order valence-electron chi connectivity index (χ0n) is 16.4. The van der Waals surface area contributed by atoms with E-state index >= 15 is 0 Å². The third kappa shape index (κ3) is 6.01. The second-order valence-corrected chi connectivity index (χ2v) is 7.18. The number of nitrogens with zero attached hydrogens (tertiary/aromatic N) is 2. The van der Waals surface area contributed by atoms with Crippen molar-refractivity contribution in [2.24, 2.45) is 0 Å². The van der Waals surface area contributed by atoms with Crippen LogP contribution in [0.1, 0.15) is 52.4 Å². The van der Waals surface area contributed by atoms with Gasteiger partial charge in [0.25, 0.3) is 11.8 Å². The number of carbonyl (C=O) groups excluding carboxylic acids is 5. The van der Waals surface area contributed by atoms with E-state index in [2.05, 4.69) is 29.4 Å². The quantitative estimate of drug-likeness (QED) is 0.301. The molecule has 0 aromatic carbocycles. The monoisotopic (exact) mass is 404 g/mol. The van der Waals surface area contributed by atoms with Crippen LogP contribution in [0.15, 0.2) is 0 Å². The highest BCUT2D eigenvalue weighted by Crippen LogP contribution is 2.19. The van der Waals surface area contributed by atoms with Gasteiger partial charge < -0.3 is 15.5 Å². The Bertz CT molecular complexity index is 620. The van der Waals surface area contributed by atoms with Crippen molar-refractivity contribution < 1.29 is 28.8 Å². The molecule has 156 valence electrons. The summed E-state index contributed by atoms with van der Waals surface area (Å²) < 4.78 is 0. The van der Waals surface area contributed by atoms with Crippen molar-refractivity contribution in [2.75, 3.05) is 19.6 Å². The van der Waals surface area contributed by atoms with E-state index in [1.54, 1.807) is 0 Å². The summed E-state index contributed by atoms with van der Waals surface area (Å²) in [7, 11) is 0. The Labute approximate surface area is 163 Å². The molecule has 0 aromatic heterocycles. The molecule has 2 aliphatic heterocycles. The Hall–Kier alpha value is -2.49. The van der Waals surface area contributed by atoms with Crippen LogP contribution in [-0.4, -0.2) is 71.3 Å². The van der Waals surface area contributed by atoms with E-state index in [4.69, 9.17) is 4.84 Å². The Balaban J connectivity index is 1.58. The molecule has 0 radical (unpaired) electrons. The van der Waals surface area contributed by atoms with Crippen molar-refractivity contribution >= 4 is 29.6 Å². The number of imide groups is 1. The SMILES string of the molecule is CC(C)N1[13CH2][13CH2][13CH2][13CH]1C(=O)NC[13CH2][13C](=O)[15NH]CC[13C](=O)ON1C(=O)CCC1=O. The molecule has 0 saturated carbocycles. The minimum absolute atomic E-state index is 0.0194. The lowest BCUT2D eigenvalue weighted by Gasteiger charge is -2.27. The summed E-state index contributed by atoms with van der Waals surface area (Å²) in [5.74, 6) is -2.24. The molecule has 0 aromatic rings. The number of carbonyl (C=O) groups is 5. The maximum Gasteiger partial charge on any atom is 0.334 e. The van der Waals surface area contributed by atoms with E-state index < -0.39 is 17.8 Å². The summed E-state index contributed by atoms with van der Waals surface area (Å²) in [6.07, 6.45) is 1.80. The van der Waals surface area contributed by atoms with Gasteiger partial charge in [-0.3, -0.25) is 24.1 Å². The van der Waals surface area contributed by atoms with Gasteiger partial charge in [-0.1, -0.05) is 0 Å². The van der Waals surface area contributed by atoms with Crippen LogP contribution in [0, 0.1) is 0 Å². The van der Waals surface area contributed by atoms with Crippen LogP contribution in [-0.2, 0) is 28.8 Å². The molecule has 4 amide bonds. The van der Waals surface area contributed by atoms with Crippen LogP contribution >= 0.6 is 0 Å². The van der Waals surface area contributed by atoms with Crippen LogP contribution in [0.2, 0.25) is 0 Å². The lowest BCUT2D eigenvalue weighted by atomic mass is 10.4. The number of hydroxylamine groups is 2. The van der Waals surface area contributed by atoms with Crippen LogP contribution in [0.5, 0.6) is 0 Å². The molecule has 2 saturated heterocycles. The Morgan fingerprint density at radius 3 is 2.36 bits per heavy atom. The van der Waals surface area contributed by atoms with Crippen LogP contribution < -0.4 is 10.6 Å². The molecule has 2 aliphatic rings. The van der Waals surface area contributed by atoms with E-state index in [0.717, 1.165) is 19.4 Å². The number of nitrogens with one attached hydrogen (secondary N) is 2. The lowest BCUT2D eigenvalue weighted by molar-refractivity contribution is -0.197. The normalized spacial score (nSPS) is 20.0. The van der Waals surface area contributed by atoms with Gasteiger partial charge in [-0.15, -0.1) is 5.06 Å². The van der Waals surface area contributed by atoms with Gasteiger partial charge in [0, 0.05) is 38.4 Å². The summed E-state index contributed by atoms with van der Waals surface area (Å²) in [6.45, 7) is 5.25. The number of amides is 4. The average molecular weight is 404 g/mol. The second-order valence-electron chi connectivity index (χ2n) is 7.18. The van der Waals surface area contributed by atoms with Crippen LogP contribution in [0.3, 0.4) is 0 Å². The van der Waals surface area contributed by atoms with Crippen LogP contribution in [0.25, 0.3) is 0 Å². The van der Waals surface area contributed by atoms with E-state index in [0.29, 0.717) is 11.1 Å². The van der Waals surface area contributed by atoms with Gasteiger partial charge in [-0.25, -0.2) is 4.79 Å². The van der Waals surface area contributed by atoms with Gasteiger partial charge in [0.05, 0.1) is 12.5 Å². The number of hydrogen-bond donors (Lipinski definition) is 2. The number of hydrogen-bond acceptors (Lipinski definition) is 7. The standard InChI is InChI=1S/C18H28N4O6/c1-12(2)21-11-3-4-13(21)18(27)20-9-7-14(23)19-10-8-17(26)28-22-15(24)5-6-16(22)25/h12-13H,3-11H2,1-2H3,(H,19,23)(H,20,27)/i3+1,4+1,7+1,11+1,13+1,14+1,17+1,19+1. The number of rotatable bonds is 9. The van der Waals surface area contributed by atoms with Gasteiger partial charge in [0.15, 0.2) is 0 Å². The molecular formula is C18H28N4O6. The molecule has 10 nitrogen and oxygen atoms in total. The maximum absolute atomic E-state index is 12.3. The summed E-state index contributed by atoms with van der Waals surface area (Å²) in [6, 6.07) is 0.154. The molecule has 0 aliphatic carbocycles. The molecule has 2 heterocycles. The smallest absolute Gasteiger partial charge is 0.334 e. The fraction of sp³-hybridized carbons (Fsp3) is 0.722. The van der Waals surface area contributed by atoms with Gasteiger partial charge in [-0.2, -0.15) is 0 Å². The van der Waals surface area contributed by atoms with Crippen LogP contribution in [0.4, 0.5) is 0 Å². The van der Waals surface area contributed by atoms with Gasteiger partial charge in [0.1, 0.15) is 0 Å². The molecular weight excluding hydrogens is 376 g/mol. The van der Waals surface area contributed by atoms with Gasteiger partial charge >= 0.3 is 5.97 Å². The molecule has 1 unspecified atom stereocenters. The summed E-state index contributed by atoms with van der Waals surface area (Å²) in [5, 5.41) is 5.80. The Morgan fingerprint density at radius 2 is 1.71 bits per heavy atom. The minimum Gasteiger partial charge on any atom is -0.355 e. The van der Waals surface area contributed by atoms with Crippen molar-refractivity contribution in [1.29, 1.82) is 0 Å². The highest BCUT2D eigenvalue weighted by Gasteiger charge is 2.33. The zero-order chi connectivity index (χ0) is 20.7. The lowest BCUT2D eigenvalue weighted by Crippen LogP contribution is -2.46. The van der Waals surface area contributed by atoms with E-state index in [-0.39, 0.29) is 56.6 Å². The number of likely N-dealkylation sites (tertiary alicyclic amines) is 1. The molecule has 2 N–H and O–H groups in total. The van der Waals surface area contributed by atoms with Crippen molar-refractivity contribution in [3.8, 4) is 0 Å². The average Bonchev–Trinajstić information content (AvgIpc) is 3.24. The van der Waals surface area contributed by atoms with Crippen molar-refractivity contribution in [3.05, 3.63) is 0 Å². The third-order valence-corrected chi connectivity index (χ3v) is 4.76. The fourth-order valence-electron chi connectivity index (χ4n) is 3.30. The summed E-state index contributed by atoms with van der Waals surface area (Å²) in [4.78, 5) is 65.2. The first kappa shape index (κ1) is 21.8.